The number of sulfonamides is 1. The molecule has 1 N–H and O–H groups in total. The highest BCUT2D eigenvalue weighted by atomic mass is 32.2. The lowest BCUT2D eigenvalue weighted by Crippen LogP contribution is -2.22. The Morgan fingerprint density at radius 2 is 1.36 bits per heavy atom. The smallest absolute Gasteiger partial charge is 0.422 e. The zero-order valence-electron chi connectivity index (χ0n) is 15.7. The maximum Gasteiger partial charge on any atom is 0.422 e. The van der Waals surface area contributed by atoms with Gasteiger partial charge in [-0.15, -0.1) is 0 Å². The van der Waals surface area contributed by atoms with Crippen molar-refractivity contribution in [3.8, 4) is 11.5 Å². The number of alkyl halides is 9. The second-order valence-electron chi connectivity index (χ2n) is 6.21. The minimum absolute atomic E-state index is 0.0765. The predicted octanol–water partition coefficient (Wildman–Crippen LogP) is 5.53. The average Bonchev–Trinajstić information content (AvgIpc) is 2.64. The second-order valence-corrected chi connectivity index (χ2v) is 7.86. The lowest BCUT2D eigenvalue weighted by atomic mass is 10.2. The number of rotatable bonds is 7. The minimum Gasteiger partial charge on any atom is -0.484 e. The molecule has 0 aliphatic heterocycles. The monoisotopic (exact) mass is 515 g/mol. The maximum absolute atomic E-state index is 13.9. The largest absolute Gasteiger partial charge is 0.484 e. The molecule has 0 amide bonds. The van der Waals surface area contributed by atoms with Crippen molar-refractivity contribution in [2.24, 2.45) is 0 Å². The van der Waals surface area contributed by atoms with Crippen LogP contribution in [0.25, 0.3) is 0 Å². The molecule has 0 aliphatic carbocycles. The Balaban J connectivity index is 2.49. The molecule has 0 bridgehead atoms. The van der Waals surface area contributed by atoms with Crippen LogP contribution in [0, 0.1) is 5.82 Å². The van der Waals surface area contributed by atoms with Crippen LogP contribution in [0.5, 0.6) is 11.5 Å². The molecule has 0 atom stereocenters. The Kier molecular flexibility index (Phi) is 7.30. The molecule has 16 heteroatoms. The summed E-state index contributed by atoms with van der Waals surface area (Å²) in [6.45, 7) is -3.92. The topological polar surface area (TPSA) is 64.6 Å². The first-order valence-corrected chi connectivity index (χ1v) is 9.78. The van der Waals surface area contributed by atoms with E-state index in [0.717, 1.165) is 0 Å². The van der Waals surface area contributed by atoms with Gasteiger partial charge in [-0.1, -0.05) is 0 Å². The molecule has 2 aromatic carbocycles. The van der Waals surface area contributed by atoms with Crippen molar-refractivity contribution in [1.82, 2.24) is 0 Å². The third-order valence-electron chi connectivity index (χ3n) is 3.54. The van der Waals surface area contributed by atoms with Crippen molar-refractivity contribution in [3.63, 3.8) is 0 Å². The number of nitrogens with one attached hydrogen (secondary N) is 1. The summed E-state index contributed by atoms with van der Waals surface area (Å²) in [5.41, 5.74) is -2.69. The predicted molar refractivity (Wildman–Crippen MR) is 91.8 cm³/mol. The lowest BCUT2D eigenvalue weighted by molar-refractivity contribution is -0.154. The van der Waals surface area contributed by atoms with Gasteiger partial charge in [0.1, 0.15) is 22.2 Å². The minimum atomic E-state index is -5.18. The molecule has 0 spiro atoms. The summed E-state index contributed by atoms with van der Waals surface area (Å²) in [6, 6.07) is 2.20. The molecular formula is C17H11F10NO4S. The van der Waals surface area contributed by atoms with E-state index < -0.39 is 75.2 Å². The van der Waals surface area contributed by atoms with Crippen molar-refractivity contribution in [2.45, 2.75) is 23.4 Å². The highest BCUT2D eigenvalue weighted by molar-refractivity contribution is 7.92. The Morgan fingerprint density at radius 1 is 0.788 bits per heavy atom. The van der Waals surface area contributed by atoms with Crippen LogP contribution in [0.15, 0.2) is 41.3 Å². The normalized spacial score (nSPS) is 13.0. The maximum atomic E-state index is 13.9. The van der Waals surface area contributed by atoms with Crippen molar-refractivity contribution in [3.05, 3.63) is 47.8 Å². The van der Waals surface area contributed by atoms with Crippen LogP contribution < -0.4 is 14.2 Å². The zero-order valence-corrected chi connectivity index (χ0v) is 16.5. The number of hydrogen-bond donors (Lipinski definition) is 1. The lowest BCUT2D eigenvalue weighted by Gasteiger charge is -2.17. The SMILES string of the molecule is O=S(=O)(Nc1cc(C(F)(F)F)ccc1F)c1cc(OCC(F)(F)F)ccc1OCC(F)(F)F. The Bertz CT molecular complexity index is 1090. The molecule has 2 aromatic rings. The van der Waals surface area contributed by atoms with Crippen molar-refractivity contribution < 1.29 is 61.8 Å². The third-order valence-corrected chi connectivity index (χ3v) is 4.92. The molecular weight excluding hydrogens is 504 g/mol. The summed E-state index contributed by atoms with van der Waals surface area (Å²) in [6.07, 6.45) is -14.8. The van der Waals surface area contributed by atoms with Crippen molar-refractivity contribution in [2.75, 3.05) is 17.9 Å². The Labute approximate surface area is 179 Å². The van der Waals surface area contributed by atoms with E-state index in [9.17, 15) is 52.3 Å². The van der Waals surface area contributed by atoms with Crippen molar-refractivity contribution >= 4 is 15.7 Å². The van der Waals surface area contributed by atoms with Gasteiger partial charge in [0.05, 0.1) is 11.3 Å². The van der Waals surface area contributed by atoms with Gasteiger partial charge in [-0.2, -0.15) is 39.5 Å². The third kappa shape index (κ3) is 7.87. The van der Waals surface area contributed by atoms with Gasteiger partial charge in [0.25, 0.3) is 10.0 Å². The van der Waals surface area contributed by atoms with Crippen LogP contribution in [-0.4, -0.2) is 34.0 Å². The summed E-state index contributed by atoms with van der Waals surface area (Å²) in [7, 11) is -5.18. The molecule has 0 aromatic heterocycles. The molecule has 0 saturated heterocycles. The molecule has 0 unspecified atom stereocenters. The van der Waals surface area contributed by atoms with Gasteiger partial charge in [0, 0.05) is 6.07 Å². The van der Waals surface area contributed by atoms with Gasteiger partial charge in [0.15, 0.2) is 13.2 Å². The van der Waals surface area contributed by atoms with Crippen LogP contribution in [0.1, 0.15) is 5.56 Å². The molecule has 5 nitrogen and oxygen atoms in total. The van der Waals surface area contributed by atoms with E-state index in [-0.39, 0.29) is 12.1 Å². The van der Waals surface area contributed by atoms with E-state index in [1.165, 1.54) is 4.72 Å². The first-order valence-electron chi connectivity index (χ1n) is 8.30. The second kappa shape index (κ2) is 9.15. The molecule has 0 heterocycles. The number of anilines is 1. The highest BCUT2D eigenvalue weighted by Gasteiger charge is 2.34. The summed E-state index contributed by atoms with van der Waals surface area (Å²) in [5.74, 6) is -3.29. The summed E-state index contributed by atoms with van der Waals surface area (Å²) >= 11 is 0. The fourth-order valence-electron chi connectivity index (χ4n) is 2.21. The molecule has 184 valence electrons. The molecule has 0 saturated carbocycles. The van der Waals surface area contributed by atoms with Crippen LogP contribution in [-0.2, 0) is 16.2 Å². The van der Waals surface area contributed by atoms with Crippen LogP contribution in [0.3, 0.4) is 0 Å². The zero-order chi connectivity index (χ0) is 25.2. The number of halogens is 10. The average molecular weight is 515 g/mol. The number of benzene rings is 2. The molecule has 0 fully saturated rings. The standard InChI is InChI=1S/C17H11F10NO4S/c18-11-3-1-9(17(25,26)27)5-12(11)28-33(29,30)14-6-10(31-7-15(19,20)21)2-4-13(14)32-8-16(22,23)24/h1-6,28H,7-8H2. The Hall–Kier alpha value is -2.91. The summed E-state index contributed by atoms with van der Waals surface area (Å²) in [5, 5.41) is 0. The van der Waals surface area contributed by atoms with Gasteiger partial charge in [-0.05, 0) is 30.3 Å². The summed E-state index contributed by atoms with van der Waals surface area (Å²) < 4.78 is 162. The molecule has 2 rings (SSSR count). The van der Waals surface area contributed by atoms with Gasteiger partial charge in [-0.3, -0.25) is 4.72 Å². The quantitative estimate of drug-likeness (QED) is 0.493. The van der Waals surface area contributed by atoms with Crippen LogP contribution in [0.2, 0.25) is 0 Å². The van der Waals surface area contributed by atoms with E-state index in [4.69, 9.17) is 0 Å². The van der Waals surface area contributed by atoms with E-state index in [0.29, 0.717) is 24.3 Å². The van der Waals surface area contributed by atoms with E-state index in [1.54, 1.807) is 0 Å². The fraction of sp³-hybridized carbons (Fsp3) is 0.294. The fourth-order valence-corrected chi connectivity index (χ4v) is 3.43. The number of hydrogen-bond acceptors (Lipinski definition) is 4. The van der Waals surface area contributed by atoms with E-state index >= 15 is 0 Å². The van der Waals surface area contributed by atoms with Gasteiger partial charge in [-0.25, -0.2) is 12.8 Å². The first kappa shape index (κ1) is 26.3. The highest BCUT2D eigenvalue weighted by Crippen LogP contribution is 2.35. The first-order chi connectivity index (χ1) is 14.9. The van der Waals surface area contributed by atoms with Crippen LogP contribution >= 0.6 is 0 Å². The molecule has 33 heavy (non-hydrogen) atoms. The molecule has 0 aliphatic rings. The van der Waals surface area contributed by atoms with E-state index in [2.05, 4.69) is 9.47 Å². The number of ether oxygens (including phenoxy) is 2. The van der Waals surface area contributed by atoms with Gasteiger partial charge < -0.3 is 9.47 Å². The molecule has 0 radical (unpaired) electrons. The Morgan fingerprint density at radius 3 is 1.91 bits per heavy atom. The van der Waals surface area contributed by atoms with Gasteiger partial charge in [0.2, 0.25) is 0 Å². The van der Waals surface area contributed by atoms with Gasteiger partial charge >= 0.3 is 18.5 Å². The summed E-state index contributed by atoms with van der Waals surface area (Å²) in [4.78, 5) is -1.25. The van der Waals surface area contributed by atoms with Crippen molar-refractivity contribution in [1.29, 1.82) is 0 Å². The van der Waals surface area contributed by atoms with Crippen LogP contribution in [0.4, 0.5) is 49.6 Å². The van der Waals surface area contributed by atoms with E-state index in [1.807, 2.05) is 0 Å².